The monoisotopic (exact) mass is 343 g/mol. The second-order valence-electron chi connectivity index (χ2n) is 5.43. The van der Waals surface area contributed by atoms with E-state index in [2.05, 4.69) is 10.3 Å². The van der Waals surface area contributed by atoms with Gasteiger partial charge in [-0.25, -0.2) is 4.99 Å². The van der Waals surface area contributed by atoms with Crippen LogP contribution in [0.3, 0.4) is 0 Å². The first kappa shape index (κ1) is 16.8. The molecule has 0 amide bonds. The Labute approximate surface area is 146 Å². The average Bonchev–Trinajstić information content (AvgIpc) is 3.12. The third kappa shape index (κ3) is 4.06. The Morgan fingerprint density at radius 2 is 1.80 bits per heavy atom. The fourth-order valence-corrected chi connectivity index (χ4v) is 2.45. The van der Waals surface area contributed by atoms with E-state index >= 15 is 0 Å². The molecule has 1 heterocycles. The number of rotatable bonds is 6. The summed E-state index contributed by atoms with van der Waals surface area (Å²) in [5, 5.41) is 3.09. The Kier molecular flexibility index (Phi) is 5.13. The van der Waals surface area contributed by atoms with E-state index in [9.17, 15) is 0 Å². The first-order valence-electron chi connectivity index (χ1n) is 7.83. The highest BCUT2D eigenvalue weighted by Crippen LogP contribution is 2.32. The van der Waals surface area contributed by atoms with E-state index in [4.69, 9.17) is 24.7 Å². The van der Waals surface area contributed by atoms with Crippen LogP contribution in [0.1, 0.15) is 11.1 Å². The number of benzene rings is 2. The lowest BCUT2D eigenvalue weighted by molar-refractivity contribution is 0.174. The number of ether oxygens (including phenoxy) is 4. The molecule has 0 fully saturated rings. The molecule has 0 radical (unpaired) electrons. The Morgan fingerprint density at radius 1 is 1.04 bits per heavy atom. The topological polar surface area (TPSA) is 87.3 Å². The quantitative estimate of drug-likeness (QED) is 0.616. The maximum Gasteiger partial charge on any atom is 0.231 e. The predicted molar refractivity (Wildman–Crippen MR) is 94.3 cm³/mol. The zero-order valence-corrected chi connectivity index (χ0v) is 14.2. The SMILES string of the molecule is COc1ccc(CNC(N)=NCc2ccc3c(c2)OCO3)cc1OC. The third-order valence-corrected chi connectivity index (χ3v) is 3.79. The molecular formula is C18H21N3O4. The maximum absolute atomic E-state index is 5.94. The molecule has 0 spiro atoms. The van der Waals surface area contributed by atoms with E-state index in [-0.39, 0.29) is 6.79 Å². The van der Waals surface area contributed by atoms with Crippen LogP contribution in [0, 0.1) is 0 Å². The Bertz CT molecular complexity index is 777. The van der Waals surface area contributed by atoms with Gasteiger partial charge in [-0.3, -0.25) is 0 Å². The van der Waals surface area contributed by atoms with E-state index in [0.29, 0.717) is 30.5 Å². The minimum Gasteiger partial charge on any atom is -0.493 e. The maximum atomic E-state index is 5.94. The van der Waals surface area contributed by atoms with E-state index in [0.717, 1.165) is 22.6 Å². The van der Waals surface area contributed by atoms with Gasteiger partial charge in [0.1, 0.15) is 0 Å². The summed E-state index contributed by atoms with van der Waals surface area (Å²) in [5.74, 6) is 3.23. The molecule has 7 heteroatoms. The molecule has 0 saturated carbocycles. The van der Waals surface area contributed by atoms with Crippen molar-refractivity contribution in [2.75, 3.05) is 21.0 Å². The van der Waals surface area contributed by atoms with Gasteiger partial charge >= 0.3 is 0 Å². The minimum absolute atomic E-state index is 0.261. The van der Waals surface area contributed by atoms with Crippen molar-refractivity contribution in [3.63, 3.8) is 0 Å². The summed E-state index contributed by atoms with van der Waals surface area (Å²) in [7, 11) is 3.22. The lowest BCUT2D eigenvalue weighted by Crippen LogP contribution is -2.31. The van der Waals surface area contributed by atoms with Crippen molar-refractivity contribution in [2.24, 2.45) is 10.7 Å². The van der Waals surface area contributed by atoms with Crippen molar-refractivity contribution in [1.82, 2.24) is 5.32 Å². The van der Waals surface area contributed by atoms with Crippen molar-refractivity contribution < 1.29 is 18.9 Å². The second-order valence-corrected chi connectivity index (χ2v) is 5.43. The van der Waals surface area contributed by atoms with Crippen LogP contribution in [0.4, 0.5) is 0 Å². The summed E-state index contributed by atoms with van der Waals surface area (Å²) < 4.78 is 21.2. The number of nitrogens with two attached hydrogens (primary N) is 1. The highest BCUT2D eigenvalue weighted by molar-refractivity contribution is 5.77. The fourth-order valence-electron chi connectivity index (χ4n) is 2.45. The summed E-state index contributed by atoms with van der Waals surface area (Å²) in [5.41, 5.74) is 7.95. The predicted octanol–water partition coefficient (Wildman–Crippen LogP) is 2.04. The van der Waals surface area contributed by atoms with Crippen molar-refractivity contribution in [3.05, 3.63) is 47.5 Å². The van der Waals surface area contributed by atoms with Gasteiger partial charge in [-0.15, -0.1) is 0 Å². The van der Waals surface area contributed by atoms with Crippen LogP contribution in [0.5, 0.6) is 23.0 Å². The van der Waals surface area contributed by atoms with Crippen LogP contribution in [0.25, 0.3) is 0 Å². The number of methoxy groups -OCH3 is 2. The average molecular weight is 343 g/mol. The Morgan fingerprint density at radius 3 is 2.60 bits per heavy atom. The number of nitrogens with zero attached hydrogens (tertiary/aromatic N) is 1. The van der Waals surface area contributed by atoms with Gasteiger partial charge in [0.05, 0.1) is 20.8 Å². The van der Waals surface area contributed by atoms with Gasteiger partial charge < -0.3 is 30.0 Å². The normalized spacial score (nSPS) is 12.8. The summed E-state index contributed by atoms with van der Waals surface area (Å²) in [6, 6.07) is 11.4. The Hall–Kier alpha value is -3.09. The molecule has 2 aromatic rings. The van der Waals surface area contributed by atoms with E-state index in [1.165, 1.54) is 0 Å². The van der Waals surface area contributed by atoms with Crippen LogP contribution in [-0.2, 0) is 13.1 Å². The molecule has 0 saturated heterocycles. The molecule has 0 unspecified atom stereocenters. The summed E-state index contributed by atoms with van der Waals surface area (Å²) >= 11 is 0. The molecular weight excluding hydrogens is 322 g/mol. The molecule has 2 aromatic carbocycles. The Balaban J connectivity index is 1.57. The van der Waals surface area contributed by atoms with Gasteiger partial charge in [0.15, 0.2) is 29.0 Å². The molecule has 0 aliphatic carbocycles. The molecule has 0 bridgehead atoms. The van der Waals surface area contributed by atoms with Crippen LogP contribution in [0.15, 0.2) is 41.4 Å². The minimum atomic E-state index is 0.261. The van der Waals surface area contributed by atoms with Crippen molar-refractivity contribution in [2.45, 2.75) is 13.1 Å². The molecule has 1 aliphatic heterocycles. The molecule has 7 nitrogen and oxygen atoms in total. The highest BCUT2D eigenvalue weighted by atomic mass is 16.7. The van der Waals surface area contributed by atoms with E-state index in [1.54, 1.807) is 14.2 Å². The highest BCUT2D eigenvalue weighted by Gasteiger charge is 2.12. The molecule has 1 aliphatic rings. The van der Waals surface area contributed by atoms with Crippen molar-refractivity contribution in [1.29, 1.82) is 0 Å². The zero-order valence-electron chi connectivity index (χ0n) is 14.2. The molecule has 25 heavy (non-hydrogen) atoms. The number of hydrogen-bond acceptors (Lipinski definition) is 5. The lowest BCUT2D eigenvalue weighted by atomic mass is 10.2. The molecule has 3 rings (SSSR count). The molecule has 132 valence electrons. The van der Waals surface area contributed by atoms with E-state index < -0.39 is 0 Å². The van der Waals surface area contributed by atoms with Gasteiger partial charge in [0, 0.05) is 6.54 Å². The fraction of sp³-hybridized carbons (Fsp3) is 0.278. The molecule has 0 atom stereocenters. The second kappa shape index (κ2) is 7.65. The van der Waals surface area contributed by atoms with Gasteiger partial charge in [0.25, 0.3) is 0 Å². The first-order valence-corrected chi connectivity index (χ1v) is 7.83. The number of guanidine groups is 1. The number of nitrogens with one attached hydrogen (secondary N) is 1. The van der Waals surface area contributed by atoms with Crippen LogP contribution >= 0.6 is 0 Å². The van der Waals surface area contributed by atoms with Gasteiger partial charge in [-0.1, -0.05) is 12.1 Å². The molecule has 0 aromatic heterocycles. The number of hydrogen-bond donors (Lipinski definition) is 2. The molecule has 3 N–H and O–H groups in total. The van der Waals surface area contributed by atoms with Gasteiger partial charge in [-0.05, 0) is 35.4 Å². The van der Waals surface area contributed by atoms with Crippen LogP contribution in [-0.4, -0.2) is 27.0 Å². The largest absolute Gasteiger partial charge is 0.493 e. The van der Waals surface area contributed by atoms with Crippen LogP contribution < -0.4 is 30.0 Å². The summed E-state index contributed by atoms with van der Waals surface area (Å²) in [6.45, 7) is 1.26. The zero-order chi connectivity index (χ0) is 17.6. The smallest absolute Gasteiger partial charge is 0.231 e. The lowest BCUT2D eigenvalue weighted by Gasteiger charge is -2.10. The number of fused-ring (bicyclic) bond motifs is 1. The third-order valence-electron chi connectivity index (χ3n) is 3.79. The van der Waals surface area contributed by atoms with Crippen LogP contribution in [0.2, 0.25) is 0 Å². The van der Waals surface area contributed by atoms with E-state index in [1.807, 2.05) is 36.4 Å². The van der Waals surface area contributed by atoms with Gasteiger partial charge in [-0.2, -0.15) is 0 Å². The standard InChI is InChI=1S/C18H21N3O4/c1-22-14-5-3-12(7-16(14)23-2)9-20-18(19)21-10-13-4-6-15-17(8-13)25-11-24-15/h3-8H,9-11H2,1-2H3,(H3,19,20,21). The van der Waals surface area contributed by atoms with Crippen molar-refractivity contribution >= 4 is 5.96 Å². The van der Waals surface area contributed by atoms with Crippen molar-refractivity contribution in [3.8, 4) is 23.0 Å². The summed E-state index contributed by atoms with van der Waals surface area (Å²) in [6.07, 6.45) is 0. The first-order chi connectivity index (χ1) is 12.2. The van der Waals surface area contributed by atoms with Gasteiger partial charge in [0.2, 0.25) is 6.79 Å². The summed E-state index contributed by atoms with van der Waals surface area (Å²) in [4.78, 5) is 4.34. The number of aliphatic imine (C=N–C) groups is 1.